The zero-order valence-corrected chi connectivity index (χ0v) is 6.98. The average Bonchev–Trinajstić information content (AvgIpc) is 1.75. The first-order valence-corrected chi connectivity index (χ1v) is 4.20. The van der Waals surface area contributed by atoms with Gasteiger partial charge in [-0.2, -0.15) is 0 Å². The Bertz CT molecular complexity index is 87.3. The van der Waals surface area contributed by atoms with Gasteiger partial charge in [0.15, 0.2) is 0 Å². The van der Waals surface area contributed by atoms with Gasteiger partial charge in [0.05, 0.1) is 0 Å². The minimum Gasteiger partial charge on any atom is -0.316 e. The second kappa shape index (κ2) is 3.94. The van der Waals surface area contributed by atoms with Gasteiger partial charge in [-0.25, -0.2) is 0 Å². The van der Waals surface area contributed by atoms with Crippen molar-refractivity contribution < 1.29 is 0 Å². The molecule has 2 N–H and O–H groups in total. The van der Waals surface area contributed by atoms with Gasteiger partial charge in [0.1, 0.15) is 0 Å². The van der Waals surface area contributed by atoms with Crippen LogP contribution in [0.3, 0.4) is 0 Å². The van der Waals surface area contributed by atoms with E-state index in [1.807, 2.05) is 0 Å². The quantitative estimate of drug-likeness (QED) is 0.595. The van der Waals surface area contributed by atoms with Crippen LogP contribution in [0.15, 0.2) is 0 Å². The van der Waals surface area contributed by atoms with E-state index >= 15 is 0 Å². The normalized spacial score (nSPS) is 19.5. The fourth-order valence-electron chi connectivity index (χ4n) is 1.07. The molecule has 1 saturated heterocycles. The van der Waals surface area contributed by atoms with Crippen molar-refractivity contribution in [2.75, 3.05) is 26.2 Å². The summed E-state index contributed by atoms with van der Waals surface area (Å²) in [6, 6.07) is 0. The molecule has 0 aromatic heterocycles. The van der Waals surface area contributed by atoms with Crippen LogP contribution in [0, 0.1) is 11.8 Å². The lowest BCUT2D eigenvalue weighted by Crippen LogP contribution is -2.47. The summed E-state index contributed by atoms with van der Waals surface area (Å²) < 4.78 is 0. The molecule has 0 atom stereocenters. The second-order valence-electron chi connectivity index (χ2n) is 3.58. The Balaban J connectivity index is 1.85. The third-order valence-electron chi connectivity index (χ3n) is 1.85. The third-order valence-corrected chi connectivity index (χ3v) is 1.85. The summed E-state index contributed by atoms with van der Waals surface area (Å²) in [5, 5.41) is 6.71. The first kappa shape index (κ1) is 8.02. The van der Waals surface area contributed by atoms with Crippen LogP contribution in [0.2, 0.25) is 0 Å². The predicted molar refractivity (Wildman–Crippen MR) is 44.1 cm³/mol. The van der Waals surface area contributed by atoms with E-state index in [1.54, 1.807) is 0 Å². The van der Waals surface area contributed by atoms with Crippen LogP contribution < -0.4 is 10.6 Å². The van der Waals surface area contributed by atoms with Gasteiger partial charge in [-0.3, -0.25) is 0 Å². The maximum atomic E-state index is 3.45. The highest BCUT2D eigenvalue weighted by Crippen LogP contribution is 1.99. The molecule has 1 aliphatic heterocycles. The molecule has 60 valence electrons. The molecule has 0 saturated carbocycles. The summed E-state index contributed by atoms with van der Waals surface area (Å²) in [6.07, 6.45) is 0. The van der Waals surface area contributed by atoms with Gasteiger partial charge in [-0.15, -0.1) is 0 Å². The van der Waals surface area contributed by atoms with E-state index in [4.69, 9.17) is 0 Å². The largest absolute Gasteiger partial charge is 0.316 e. The molecule has 0 bridgehead atoms. The maximum Gasteiger partial charge on any atom is 0.000394 e. The van der Waals surface area contributed by atoms with Crippen molar-refractivity contribution in [2.45, 2.75) is 13.8 Å². The molecule has 0 spiro atoms. The standard InChI is InChI=1S/C8H18N2/c1-7(2)3-9-4-8-5-10-6-8/h7-10H,3-6H2,1-2H3. The van der Waals surface area contributed by atoms with Gasteiger partial charge in [0, 0.05) is 19.6 Å². The van der Waals surface area contributed by atoms with Crippen molar-refractivity contribution in [3.05, 3.63) is 0 Å². The summed E-state index contributed by atoms with van der Waals surface area (Å²) in [4.78, 5) is 0. The molecular formula is C8H18N2. The minimum absolute atomic E-state index is 0.785. The van der Waals surface area contributed by atoms with Crippen molar-refractivity contribution in [1.82, 2.24) is 10.6 Å². The lowest BCUT2D eigenvalue weighted by atomic mass is 10.0. The third kappa shape index (κ3) is 2.67. The summed E-state index contributed by atoms with van der Waals surface area (Å²) in [5.41, 5.74) is 0. The Morgan fingerprint density at radius 1 is 1.50 bits per heavy atom. The maximum absolute atomic E-state index is 3.45. The van der Waals surface area contributed by atoms with E-state index in [0.717, 1.165) is 18.4 Å². The van der Waals surface area contributed by atoms with Gasteiger partial charge in [0.2, 0.25) is 0 Å². The molecule has 0 unspecified atom stereocenters. The van der Waals surface area contributed by atoms with Crippen molar-refractivity contribution >= 4 is 0 Å². The Labute approximate surface area is 63.4 Å². The summed E-state index contributed by atoms with van der Waals surface area (Å²) in [5.74, 6) is 1.69. The summed E-state index contributed by atoms with van der Waals surface area (Å²) in [7, 11) is 0. The molecule has 1 heterocycles. The van der Waals surface area contributed by atoms with Gasteiger partial charge in [0.25, 0.3) is 0 Å². The van der Waals surface area contributed by atoms with Crippen LogP contribution in [0.4, 0.5) is 0 Å². The zero-order chi connectivity index (χ0) is 7.40. The van der Waals surface area contributed by atoms with Crippen LogP contribution in [-0.4, -0.2) is 26.2 Å². The molecule has 2 nitrogen and oxygen atoms in total. The molecule has 1 aliphatic rings. The fraction of sp³-hybridized carbons (Fsp3) is 1.00. The highest BCUT2D eigenvalue weighted by atomic mass is 15.0. The van der Waals surface area contributed by atoms with E-state index in [2.05, 4.69) is 24.5 Å². The van der Waals surface area contributed by atoms with Crippen molar-refractivity contribution in [1.29, 1.82) is 0 Å². The second-order valence-corrected chi connectivity index (χ2v) is 3.58. The fourth-order valence-corrected chi connectivity index (χ4v) is 1.07. The van der Waals surface area contributed by atoms with Gasteiger partial charge in [-0.1, -0.05) is 13.8 Å². The van der Waals surface area contributed by atoms with E-state index in [-0.39, 0.29) is 0 Å². The number of rotatable bonds is 4. The van der Waals surface area contributed by atoms with Crippen LogP contribution in [-0.2, 0) is 0 Å². The zero-order valence-electron chi connectivity index (χ0n) is 6.98. The molecule has 1 fully saturated rings. The number of hydrogen-bond acceptors (Lipinski definition) is 2. The molecule has 0 amide bonds. The molecular weight excluding hydrogens is 124 g/mol. The topological polar surface area (TPSA) is 24.1 Å². The molecule has 1 rings (SSSR count). The van der Waals surface area contributed by atoms with Gasteiger partial charge >= 0.3 is 0 Å². The Morgan fingerprint density at radius 3 is 2.60 bits per heavy atom. The van der Waals surface area contributed by atoms with E-state index < -0.39 is 0 Å². The Hall–Kier alpha value is -0.0800. The predicted octanol–water partition coefficient (Wildman–Crippen LogP) is 0.451. The van der Waals surface area contributed by atoms with E-state index in [0.29, 0.717) is 0 Å². The monoisotopic (exact) mass is 142 g/mol. The van der Waals surface area contributed by atoms with E-state index in [9.17, 15) is 0 Å². The molecule has 2 heteroatoms. The smallest absolute Gasteiger partial charge is 0.000394 e. The Morgan fingerprint density at radius 2 is 2.20 bits per heavy atom. The van der Waals surface area contributed by atoms with Crippen molar-refractivity contribution in [3.8, 4) is 0 Å². The van der Waals surface area contributed by atoms with Crippen molar-refractivity contribution in [2.24, 2.45) is 11.8 Å². The average molecular weight is 142 g/mol. The highest BCUT2D eigenvalue weighted by molar-refractivity contribution is 4.76. The van der Waals surface area contributed by atoms with Gasteiger partial charge < -0.3 is 10.6 Å². The summed E-state index contributed by atoms with van der Waals surface area (Å²) in [6.45, 7) is 9.27. The minimum atomic E-state index is 0.785. The van der Waals surface area contributed by atoms with E-state index in [1.165, 1.54) is 19.6 Å². The van der Waals surface area contributed by atoms with Crippen LogP contribution in [0.25, 0.3) is 0 Å². The lowest BCUT2D eigenvalue weighted by molar-refractivity contribution is 0.326. The van der Waals surface area contributed by atoms with Crippen LogP contribution in [0.5, 0.6) is 0 Å². The van der Waals surface area contributed by atoms with Gasteiger partial charge in [-0.05, 0) is 18.4 Å². The molecule has 10 heavy (non-hydrogen) atoms. The Kier molecular flexibility index (Phi) is 3.16. The lowest BCUT2D eigenvalue weighted by Gasteiger charge is -2.27. The summed E-state index contributed by atoms with van der Waals surface area (Å²) >= 11 is 0. The number of nitrogens with one attached hydrogen (secondary N) is 2. The molecule has 0 radical (unpaired) electrons. The number of hydrogen-bond donors (Lipinski definition) is 2. The molecule has 0 aromatic carbocycles. The van der Waals surface area contributed by atoms with Crippen molar-refractivity contribution in [3.63, 3.8) is 0 Å². The van der Waals surface area contributed by atoms with Crippen LogP contribution >= 0.6 is 0 Å². The highest BCUT2D eigenvalue weighted by Gasteiger charge is 2.15. The first-order chi connectivity index (χ1) is 4.79. The molecule has 0 aromatic rings. The SMILES string of the molecule is CC(C)CNCC1CNC1. The first-order valence-electron chi connectivity index (χ1n) is 4.20. The van der Waals surface area contributed by atoms with Crippen LogP contribution in [0.1, 0.15) is 13.8 Å². The molecule has 0 aliphatic carbocycles.